The number of nitrogens with zero attached hydrogens (tertiary/aromatic N) is 2. The van der Waals surface area contributed by atoms with Crippen LogP contribution in [0.4, 0.5) is 5.82 Å². The highest BCUT2D eigenvalue weighted by molar-refractivity contribution is 6.30. The van der Waals surface area contributed by atoms with Gasteiger partial charge in [-0.3, -0.25) is 4.79 Å². The molecule has 26 heavy (non-hydrogen) atoms. The number of carbonyl (C=O) groups excluding carboxylic acids is 1. The minimum Gasteiger partial charge on any atom is -0.394 e. The normalized spacial score (nSPS) is 11.8. The van der Waals surface area contributed by atoms with E-state index in [0.29, 0.717) is 10.7 Å². The van der Waals surface area contributed by atoms with Crippen LogP contribution in [0, 0.1) is 0 Å². The summed E-state index contributed by atoms with van der Waals surface area (Å²) in [4.78, 5) is 21.0. The second-order valence-electron chi connectivity index (χ2n) is 5.62. The fourth-order valence-electron chi connectivity index (χ4n) is 2.50. The Morgan fingerprint density at radius 1 is 1.19 bits per heavy atom. The molecule has 4 N–H and O–H groups in total. The number of nitrogens with two attached hydrogens (primary N) is 1. The van der Waals surface area contributed by atoms with Crippen LogP contribution in [0.25, 0.3) is 11.3 Å². The highest BCUT2D eigenvalue weighted by atomic mass is 35.5. The summed E-state index contributed by atoms with van der Waals surface area (Å²) in [5.41, 5.74) is 7.81. The van der Waals surface area contributed by atoms with E-state index in [4.69, 9.17) is 17.3 Å². The Morgan fingerprint density at radius 3 is 2.65 bits per heavy atom. The van der Waals surface area contributed by atoms with E-state index in [2.05, 4.69) is 15.3 Å². The first-order valence-electron chi connectivity index (χ1n) is 7.93. The summed E-state index contributed by atoms with van der Waals surface area (Å²) in [6.07, 6.45) is 1.48. The number of nitrogen functional groups attached to an aromatic ring is 1. The number of anilines is 1. The van der Waals surface area contributed by atoms with E-state index in [1.807, 2.05) is 36.4 Å². The zero-order chi connectivity index (χ0) is 18.5. The molecule has 1 aromatic heterocycles. The average molecular weight is 369 g/mol. The van der Waals surface area contributed by atoms with Crippen LogP contribution in [0.2, 0.25) is 5.02 Å². The minimum atomic E-state index is -0.570. The summed E-state index contributed by atoms with van der Waals surface area (Å²) in [7, 11) is 0. The van der Waals surface area contributed by atoms with Crippen molar-refractivity contribution in [3.8, 4) is 11.3 Å². The van der Waals surface area contributed by atoms with Gasteiger partial charge in [0, 0.05) is 10.6 Å². The Hall–Kier alpha value is -2.96. The van der Waals surface area contributed by atoms with E-state index in [1.54, 1.807) is 18.2 Å². The predicted octanol–water partition coefficient (Wildman–Crippen LogP) is 2.84. The number of aliphatic hydroxyl groups is 1. The summed E-state index contributed by atoms with van der Waals surface area (Å²) in [6, 6.07) is 15.7. The number of rotatable bonds is 5. The molecule has 7 heteroatoms. The van der Waals surface area contributed by atoms with Crippen molar-refractivity contribution in [3.63, 3.8) is 0 Å². The first kappa shape index (κ1) is 17.8. The molecule has 0 radical (unpaired) electrons. The third-order valence-electron chi connectivity index (χ3n) is 3.83. The number of benzene rings is 2. The van der Waals surface area contributed by atoms with Gasteiger partial charge in [0.1, 0.15) is 0 Å². The van der Waals surface area contributed by atoms with Crippen LogP contribution in [0.3, 0.4) is 0 Å². The van der Waals surface area contributed by atoms with Crippen molar-refractivity contribution in [2.75, 3.05) is 12.3 Å². The van der Waals surface area contributed by atoms with Gasteiger partial charge in [-0.15, -0.1) is 0 Å². The lowest BCUT2D eigenvalue weighted by Gasteiger charge is -2.17. The third-order valence-corrected chi connectivity index (χ3v) is 4.06. The van der Waals surface area contributed by atoms with Crippen LogP contribution < -0.4 is 11.1 Å². The van der Waals surface area contributed by atoms with Crippen molar-refractivity contribution >= 4 is 23.3 Å². The first-order valence-corrected chi connectivity index (χ1v) is 8.31. The van der Waals surface area contributed by atoms with Crippen LogP contribution in [0.15, 0.2) is 60.8 Å². The van der Waals surface area contributed by atoms with Gasteiger partial charge in [-0.1, -0.05) is 54.1 Å². The van der Waals surface area contributed by atoms with Crippen molar-refractivity contribution in [3.05, 3.63) is 77.1 Å². The standard InChI is InChI=1S/C19H17ClN4O2/c20-14-8-4-7-13(9-14)15-10-22-18(21)17(23-15)19(26)24-16(11-25)12-5-2-1-3-6-12/h1-10,16,25H,11H2,(H2,21,22)(H,24,26)/t16-/m1/s1. The van der Waals surface area contributed by atoms with E-state index in [0.717, 1.165) is 11.1 Å². The second kappa shape index (κ2) is 7.95. The summed E-state index contributed by atoms with van der Waals surface area (Å²) < 4.78 is 0. The van der Waals surface area contributed by atoms with Crippen molar-refractivity contribution < 1.29 is 9.90 Å². The number of amides is 1. The molecule has 0 saturated heterocycles. The highest BCUT2D eigenvalue weighted by Gasteiger charge is 2.19. The lowest BCUT2D eigenvalue weighted by molar-refractivity contribution is 0.0912. The Bertz CT molecular complexity index is 918. The SMILES string of the molecule is Nc1ncc(-c2cccc(Cl)c2)nc1C(=O)N[C@H](CO)c1ccccc1. The number of hydrogen-bond acceptors (Lipinski definition) is 5. The first-order chi connectivity index (χ1) is 12.6. The monoisotopic (exact) mass is 368 g/mol. The largest absolute Gasteiger partial charge is 0.394 e. The van der Waals surface area contributed by atoms with Crippen LogP contribution in [-0.2, 0) is 0 Å². The molecular weight excluding hydrogens is 352 g/mol. The van der Waals surface area contributed by atoms with Crippen molar-refractivity contribution in [1.82, 2.24) is 15.3 Å². The molecule has 0 aliphatic carbocycles. The summed E-state index contributed by atoms with van der Waals surface area (Å²) in [5, 5.41) is 12.9. The summed E-state index contributed by atoms with van der Waals surface area (Å²) >= 11 is 6.00. The van der Waals surface area contributed by atoms with E-state index in [-0.39, 0.29) is 18.1 Å². The van der Waals surface area contributed by atoms with Gasteiger partial charge in [0.2, 0.25) is 0 Å². The van der Waals surface area contributed by atoms with Gasteiger partial charge >= 0.3 is 0 Å². The van der Waals surface area contributed by atoms with Gasteiger partial charge in [-0.05, 0) is 17.7 Å². The lowest BCUT2D eigenvalue weighted by Crippen LogP contribution is -2.32. The Balaban J connectivity index is 1.88. The zero-order valence-electron chi connectivity index (χ0n) is 13.8. The fourth-order valence-corrected chi connectivity index (χ4v) is 2.69. The smallest absolute Gasteiger partial charge is 0.274 e. The Kier molecular flexibility index (Phi) is 5.46. The van der Waals surface area contributed by atoms with Crippen molar-refractivity contribution in [2.24, 2.45) is 0 Å². The molecule has 0 fully saturated rings. The Morgan fingerprint density at radius 2 is 1.96 bits per heavy atom. The van der Waals surface area contributed by atoms with Gasteiger partial charge < -0.3 is 16.2 Å². The molecule has 0 unspecified atom stereocenters. The van der Waals surface area contributed by atoms with Gasteiger partial charge in [-0.25, -0.2) is 9.97 Å². The van der Waals surface area contributed by atoms with Crippen molar-refractivity contribution in [1.29, 1.82) is 0 Å². The molecule has 132 valence electrons. The number of hydrogen-bond donors (Lipinski definition) is 3. The van der Waals surface area contributed by atoms with Gasteiger partial charge in [0.05, 0.1) is 24.5 Å². The van der Waals surface area contributed by atoms with Crippen LogP contribution in [0.5, 0.6) is 0 Å². The molecule has 3 rings (SSSR count). The lowest BCUT2D eigenvalue weighted by atomic mass is 10.1. The molecule has 1 amide bonds. The van der Waals surface area contributed by atoms with E-state index >= 15 is 0 Å². The van der Waals surface area contributed by atoms with Crippen molar-refractivity contribution in [2.45, 2.75) is 6.04 Å². The van der Waals surface area contributed by atoms with Gasteiger partial charge in [0.15, 0.2) is 11.5 Å². The molecule has 1 heterocycles. The number of nitrogens with one attached hydrogen (secondary N) is 1. The molecule has 0 aliphatic heterocycles. The maximum atomic E-state index is 12.6. The summed E-state index contributed by atoms with van der Waals surface area (Å²) in [5.74, 6) is -0.500. The maximum Gasteiger partial charge on any atom is 0.274 e. The predicted molar refractivity (Wildman–Crippen MR) is 101 cm³/mol. The quantitative estimate of drug-likeness (QED) is 0.642. The number of halogens is 1. The number of aliphatic hydroxyl groups excluding tert-OH is 1. The second-order valence-corrected chi connectivity index (χ2v) is 6.06. The van der Waals surface area contributed by atoms with E-state index in [1.165, 1.54) is 6.20 Å². The molecule has 0 aliphatic rings. The molecular formula is C19H17ClN4O2. The van der Waals surface area contributed by atoms with Crippen LogP contribution in [-0.4, -0.2) is 27.6 Å². The molecule has 2 aromatic carbocycles. The average Bonchev–Trinajstić information content (AvgIpc) is 2.67. The van der Waals surface area contributed by atoms with Gasteiger partial charge in [0.25, 0.3) is 5.91 Å². The van der Waals surface area contributed by atoms with Crippen LogP contribution >= 0.6 is 11.6 Å². The number of carbonyl (C=O) groups is 1. The topological polar surface area (TPSA) is 101 Å². The molecule has 6 nitrogen and oxygen atoms in total. The van der Waals surface area contributed by atoms with Crippen LogP contribution in [0.1, 0.15) is 22.1 Å². The maximum absolute atomic E-state index is 12.6. The fraction of sp³-hybridized carbons (Fsp3) is 0.105. The minimum absolute atomic E-state index is 0.00291. The Labute approximate surface area is 155 Å². The molecule has 0 saturated carbocycles. The highest BCUT2D eigenvalue weighted by Crippen LogP contribution is 2.22. The van der Waals surface area contributed by atoms with E-state index < -0.39 is 11.9 Å². The molecule has 0 bridgehead atoms. The zero-order valence-corrected chi connectivity index (χ0v) is 14.5. The van der Waals surface area contributed by atoms with Gasteiger partial charge in [-0.2, -0.15) is 0 Å². The molecule has 1 atom stereocenters. The molecule has 0 spiro atoms. The third kappa shape index (κ3) is 3.99. The van der Waals surface area contributed by atoms with E-state index in [9.17, 15) is 9.90 Å². The number of aromatic nitrogens is 2. The molecule has 3 aromatic rings. The summed E-state index contributed by atoms with van der Waals surface area (Å²) in [6.45, 7) is -0.253.